The predicted molar refractivity (Wildman–Crippen MR) is 141 cm³/mol. The second kappa shape index (κ2) is 11.4. The summed E-state index contributed by atoms with van der Waals surface area (Å²) >= 11 is 0. The number of ether oxygens (including phenoxy) is 1. The molecule has 1 aromatic rings. The first-order chi connectivity index (χ1) is 17.0. The lowest BCUT2D eigenvalue weighted by Gasteiger charge is -2.33. The molecule has 3 aliphatic rings. The molecule has 2 N–H and O–H groups in total. The molecular weight excluding hydrogens is 444 g/mol. The van der Waals surface area contributed by atoms with Gasteiger partial charge in [0.15, 0.2) is 5.82 Å². The highest BCUT2D eigenvalue weighted by Gasteiger charge is 2.23. The smallest absolute Gasteiger partial charge is 0.251 e. The van der Waals surface area contributed by atoms with Crippen LogP contribution in [0.15, 0.2) is 49.7 Å². The summed E-state index contributed by atoms with van der Waals surface area (Å²) in [5.74, 6) is 1.36. The van der Waals surface area contributed by atoms with E-state index in [1.165, 1.54) is 0 Å². The Bertz CT molecular complexity index is 1080. The quantitative estimate of drug-likeness (QED) is 0.607. The molecule has 186 valence electrons. The van der Waals surface area contributed by atoms with Gasteiger partial charge in [-0.3, -0.25) is 9.79 Å². The fraction of sp³-hybridized carbons (Fsp3) is 0.480. The zero-order chi connectivity index (χ0) is 24.8. The fourth-order valence-corrected chi connectivity index (χ4v) is 4.15. The molecule has 0 bridgehead atoms. The van der Waals surface area contributed by atoms with Gasteiger partial charge >= 0.3 is 0 Å². The van der Waals surface area contributed by atoms with Gasteiger partial charge in [0.05, 0.1) is 12.8 Å². The second-order valence-electron chi connectivity index (χ2n) is 9.02. The summed E-state index contributed by atoms with van der Waals surface area (Å²) < 4.78 is 5.40. The van der Waals surface area contributed by atoms with Crippen LogP contribution in [0.3, 0.4) is 0 Å². The van der Waals surface area contributed by atoms with E-state index in [1.54, 1.807) is 13.3 Å². The Balaban J connectivity index is 1.56. The number of carbonyl (C=O) groups is 1. The molecule has 10 heteroatoms. The van der Waals surface area contributed by atoms with Gasteiger partial charge in [0.1, 0.15) is 11.4 Å². The number of carbonyl (C=O) groups excluding carboxylic acids is 1. The van der Waals surface area contributed by atoms with E-state index in [9.17, 15) is 4.79 Å². The Morgan fingerprint density at radius 3 is 2.77 bits per heavy atom. The van der Waals surface area contributed by atoms with Gasteiger partial charge in [-0.1, -0.05) is 6.07 Å². The van der Waals surface area contributed by atoms with Gasteiger partial charge in [-0.05, 0) is 44.8 Å². The van der Waals surface area contributed by atoms with Crippen LogP contribution < -0.4 is 10.6 Å². The first-order valence-electron chi connectivity index (χ1n) is 12.0. The third-order valence-corrected chi connectivity index (χ3v) is 6.49. The van der Waals surface area contributed by atoms with E-state index in [2.05, 4.69) is 49.2 Å². The molecule has 1 atom stereocenters. The number of likely N-dealkylation sites (N-methyl/N-ethyl adjacent to an activating group) is 1. The monoisotopic (exact) mass is 478 g/mol. The van der Waals surface area contributed by atoms with Crippen molar-refractivity contribution in [2.75, 3.05) is 65.3 Å². The van der Waals surface area contributed by atoms with E-state index >= 15 is 0 Å². The SMILES string of the molecule is C=N/C(Nc1cc(C(=O)NCC2CCOC2)ccc1C)=C1/N=C(N2CCN(C)CC2)N=C/C1=N/C. The van der Waals surface area contributed by atoms with Gasteiger partial charge in [0.25, 0.3) is 5.91 Å². The lowest BCUT2D eigenvalue weighted by atomic mass is 10.1. The number of aliphatic imine (C=N–C) groups is 4. The predicted octanol–water partition coefficient (Wildman–Crippen LogP) is 1.80. The lowest BCUT2D eigenvalue weighted by molar-refractivity contribution is 0.0945. The number of hydrogen-bond donors (Lipinski definition) is 2. The number of benzene rings is 1. The molecular formula is C25H34N8O2. The Kier molecular flexibility index (Phi) is 8.04. The van der Waals surface area contributed by atoms with Crippen molar-refractivity contribution < 1.29 is 9.53 Å². The number of guanidine groups is 1. The van der Waals surface area contributed by atoms with Crippen molar-refractivity contribution in [2.24, 2.45) is 25.9 Å². The number of rotatable bonds is 6. The maximum absolute atomic E-state index is 12.8. The fourth-order valence-electron chi connectivity index (χ4n) is 4.15. The average molecular weight is 479 g/mol. The molecule has 2 saturated heterocycles. The van der Waals surface area contributed by atoms with Crippen molar-refractivity contribution in [1.82, 2.24) is 15.1 Å². The van der Waals surface area contributed by atoms with Crippen molar-refractivity contribution in [2.45, 2.75) is 13.3 Å². The first kappa shape index (κ1) is 24.7. The summed E-state index contributed by atoms with van der Waals surface area (Å²) in [5.41, 5.74) is 3.48. The van der Waals surface area contributed by atoms with E-state index in [4.69, 9.17) is 9.73 Å². The Morgan fingerprint density at radius 1 is 1.29 bits per heavy atom. The number of nitrogens with zero attached hydrogens (tertiary/aromatic N) is 6. The molecule has 3 heterocycles. The van der Waals surface area contributed by atoms with Crippen LogP contribution in [0.1, 0.15) is 22.3 Å². The standard InChI is InChI=1S/C25H34N8O2/c1-17-5-6-19(24(34)28-14-18-7-12-35-16-18)13-20(17)30-23(27-3)22-21(26-2)15-29-25(31-22)33-10-8-32(4)9-11-33/h5-6,13,15,18,30H,3,7-12,14,16H2,1-2,4H3,(H,28,34)/b23-22-,26-21-. The van der Waals surface area contributed by atoms with Gasteiger partial charge < -0.3 is 25.2 Å². The Hall–Kier alpha value is -3.37. The van der Waals surface area contributed by atoms with Crippen LogP contribution in [-0.2, 0) is 4.74 Å². The number of hydrogen-bond acceptors (Lipinski definition) is 9. The maximum atomic E-state index is 12.8. The van der Waals surface area contributed by atoms with Gasteiger partial charge in [0.2, 0.25) is 5.96 Å². The van der Waals surface area contributed by atoms with E-state index in [0.29, 0.717) is 47.8 Å². The molecule has 3 aliphatic heterocycles. The number of anilines is 1. The molecule has 10 nitrogen and oxygen atoms in total. The summed E-state index contributed by atoms with van der Waals surface area (Å²) in [4.78, 5) is 35.1. The second-order valence-corrected chi connectivity index (χ2v) is 9.02. The zero-order valence-electron chi connectivity index (χ0n) is 20.8. The summed E-state index contributed by atoms with van der Waals surface area (Å²) in [5, 5.41) is 6.35. The Morgan fingerprint density at radius 2 is 2.09 bits per heavy atom. The van der Waals surface area contributed by atoms with E-state index < -0.39 is 0 Å². The summed E-state index contributed by atoms with van der Waals surface area (Å²) in [7, 11) is 3.81. The van der Waals surface area contributed by atoms with Gasteiger partial charge in [-0.25, -0.2) is 15.0 Å². The molecule has 2 fully saturated rings. The van der Waals surface area contributed by atoms with Crippen molar-refractivity contribution in [3.05, 3.63) is 40.8 Å². The van der Waals surface area contributed by atoms with E-state index in [1.807, 2.05) is 25.1 Å². The van der Waals surface area contributed by atoms with Crippen molar-refractivity contribution >= 4 is 36.2 Å². The van der Waals surface area contributed by atoms with Crippen LogP contribution in [-0.4, -0.2) is 100 Å². The minimum absolute atomic E-state index is 0.114. The molecule has 0 spiro atoms. The van der Waals surface area contributed by atoms with Gasteiger partial charge in [0, 0.05) is 63.5 Å². The maximum Gasteiger partial charge on any atom is 0.251 e. The molecule has 0 aliphatic carbocycles. The summed E-state index contributed by atoms with van der Waals surface area (Å²) in [6.07, 6.45) is 2.69. The molecule has 4 rings (SSSR count). The topological polar surface area (TPSA) is 106 Å². The molecule has 35 heavy (non-hydrogen) atoms. The molecule has 1 aromatic carbocycles. The highest BCUT2D eigenvalue weighted by atomic mass is 16.5. The minimum atomic E-state index is -0.114. The van der Waals surface area contributed by atoms with Crippen molar-refractivity contribution in [3.63, 3.8) is 0 Å². The van der Waals surface area contributed by atoms with Crippen LogP contribution in [0.2, 0.25) is 0 Å². The van der Waals surface area contributed by atoms with Crippen LogP contribution in [0.25, 0.3) is 0 Å². The number of piperazine rings is 1. The molecule has 0 radical (unpaired) electrons. The third-order valence-electron chi connectivity index (χ3n) is 6.49. The number of amides is 1. The van der Waals surface area contributed by atoms with Crippen LogP contribution in [0.5, 0.6) is 0 Å². The minimum Gasteiger partial charge on any atom is -0.381 e. The number of nitrogens with one attached hydrogen (secondary N) is 2. The Labute approximate surface area is 206 Å². The number of allylic oxidation sites excluding steroid dienone is 1. The molecule has 0 aromatic heterocycles. The number of aryl methyl sites for hydroxylation is 1. The summed E-state index contributed by atoms with van der Waals surface area (Å²) in [6.45, 7) is 11.4. The van der Waals surface area contributed by atoms with Crippen LogP contribution >= 0.6 is 0 Å². The van der Waals surface area contributed by atoms with Gasteiger partial charge in [-0.2, -0.15) is 0 Å². The largest absolute Gasteiger partial charge is 0.381 e. The van der Waals surface area contributed by atoms with Crippen molar-refractivity contribution in [3.8, 4) is 0 Å². The van der Waals surface area contributed by atoms with Crippen LogP contribution in [0.4, 0.5) is 5.69 Å². The van der Waals surface area contributed by atoms with E-state index in [0.717, 1.165) is 50.5 Å². The molecule has 0 saturated carbocycles. The van der Waals surface area contributed by atoms with Gasteiger partial charge in [-0.15, -0.1) is 0 Å². The van der Waals surface area contributed by atoms with Crippen molar-refractivity contribution in [1.29, 1.82) is 0 Å². The zero-order valence-corrected chi connectivity index (χ0v) is 20.8. The average Bonchev–Trinajstić information content (AvgIpc) is 3.41. The third kappa shape index (κ3) is 6.01. The normalized spacial score (nSPS) is 23.3. The van der Waals surface area contributed by atoms with Crippen LogP contribution in [0, 0.1) is 12.8 Å². The molecule has 1 unspecified atom stereocenters. The highest BCUT2D eigenvalue weighted by Crippen LogP contribution is 2.23. The lowest BCUT2D eigenvalue weighted by Crippen LogP contribution is -2.47. The highest BCUT2D eigenvalue weighted by molar-refractivity contribution is 6.41. The summed E-state index contributed by atoms with van der Waals surface area (Å²) in [6, 6.07) is 5.56. The molecule has 1 amide bonds. The first-order valence-corrected chi connectivity index (χ1v) is 12.0. The van der Waals surface area contributed by atoms with E-state index in [-0.39, 0.29) is 5.91 Å².